The molecule has 15 heavy (non-hydrogen) atoms. The maximum Gasteiger partial charge on any atom is 0.161 e. The van der Waals surface area contributed by atoms with Crippen molar-refractivity contribution in [3.05, 3.63) is 23.8 Å². The summed E-state index contributed by atoms with van der Waals surface area (Å²) in [5, 5.41) is 9.81. The molecule has 1 atom stereocenters. The van der Waals surface area contributed by atoms with E-state index in [-0.39, 0.29) is 0 Å². The lowest BCUT2D eigenvalue weighted by Gasteiger charge is -2.13. The van der Waals surface area contributed by atoms with Crippen molar-refractivity contribution in [3.8, 4) is 11.5 Å². The third-order valence-corrected chi connectivity index (χ3v) is 2.35. The van der Waals surface area contributed by atoms with Crippen LogP contribution in [0.4, 0.5) is 0 Å². The third kappa shape index (κ3) is 2.86. The van der Waals surface area contributed by atoms with Gasteiger partial charge in [-0.15, -0.1) is 0 Å². The molecule has 0 saturated heterocycles. The van der Waals surface area contributed by atoms with Crippen LogP contribution in [0.25, 0.3) is 0 Å². The Balaban J connectivity index is 2.92. The van der Waals surface area contributed by atoms with Gasteiger partial charge in [-0.3, -0.25) is 0 Å². The second-order valence-corrected chi connectivity index (χ2v) is 3.42. The van der Waals surface area contributed by atoms with Gasteiger partial charge < -0.3 is 14.6 Å². The van der Waals surface area contributed by atoms with Crippen LogP contribution in [-0.2, 0) is 0 Å². The number of rotatable bonds is 5. The second-order valence-electron chi connectivity index (χ2n) is 3.42. The molecule has 1 aromatic rings. The molecule has 0 aliphatic heterocycles. The standard InChI is InChI=1S/C12H18O3/c1-4-5-10(13)9-6-7-11(14-2)12(8-9)15-3/h6-8,10,13H,4-5H2,1-3H3/t10-/m0/s1. The lowest BCUT2D eigenvalue weighted by Crippen LogP contribution is -1.98. The highest BCUT2D eigenvalue weighted by Gasteiger charge is 2.10. The first-order valence-corrected chi connectivity index (χ1v) is 5.13. The molecular weight excluding hydrogens is 192 g/mol. The molecule has 3 heteroatoms. The highest BCUT2D eigenvalue weighted by Crippen LogP contribution is 2.30. The molecule has 84 valence electrons. The van der Waals surface area contributed by atoms with Crippen LogP contribution in [0.15, 0.2) is 18.2 Å². The smallest absolute Gasteiger partial charge is 0.161 e. The monoisotopic (exact) mass is 210 g/mol. The molecule has 1 N–H and O–H groups in total. The van der Waals surface area contributed by atoms with Crippen molar-refractivity contribution >= 4 is 0 Å². The van der Waals surface area contributed by atoms with Crippen molar-refractivity contribution < 1.29 is 14.6 Å². The summed E-state index contributed by atoms with van der Waals surface area (Å²) in [4.78, 5) is 0. The number of benzene rings is 1. The summed E-state index contributed by atoms with van der Waals surface area (Å²) in [6.45, 7) is 2.05. The van der Waals surface area contributed by atoms with E-state index in [0.29, 0.717) is 11.5 Å². The van der Waals surface area contributed by atoms with E-state index in [1.165, 1.54) is 0 Å². The quantitative estimate of drug-likeness (QED) is 0.811. The van der Waals surface area contributed by atoms with Gasteiger partial charge in [-0.25, -0.2) is 0 Å². The van der Waals surface area contributed by atoms with Crippen molar-refractivity contribution in [2.24, 2.45) is 0 Å². The molecule has 3 nitrogen and oxygen atoms in total. The Bertz CT molecular complexity index is 310. The number of hydrogen-bond acceptors (Lipinski definition) is 3. The average molecular weight is 210 g/mol. The minimum Gasteiger partial charge on any atom is -0.493 e. The van der Waals surface area contributed by atoms with Gasteiger partial charge in [0.1, 0.15) is 0 Å². The first-order chi connectivity index (χ1) is 7.22. The summed E-state index contributed by atoms with van der Waals surface area (Å²) in [5.41, 5.74) is 0.870. The van der Waals surface area contributed by atoms with E-state index in [2.05, 4.69) is 0 Å². The fourth-order valence-corrected chi connectivity index (χ4v) is 1.50. The maximum atomic E-state index is 9.81. The largest absolute Gasteiger partial charge is 0.493 e. The first kappa shape index (κ1) is 11.9. The molecule has 0 saturated carbocycles. The van der Waals surface area contributed by atoms with Crippen molar-refractivity contribution in [1.29, 1.82) is 0 Å². The van der Waals surface area contributed by atoms with Crippen molar-refractivity contribution in [1.82, 2.24) is 0 Å². The lowest BCUT2D eigenvalue weighted by molar-refractivity contribution is 0.166. The van der Waals surface area contributed by atoms with Crippen LogP contribution >= 0.6 is 0 Å². The first-order valence-electron chi connectivity index (χ1n) is 5.13. The average Bonchev–Trinajstić information content (AvgIpc) is 2.28. The molecule has 1 rings (SSSR count). The van der Waals surface area contributed by atoms with E-state index in [1.54, 1.807) is 14.2 Å². The van der Waals surface area contributed by atoms with Gasteiger partial charge in [0.2, 0.25) is 0 Å². The van der Waals surface area contributed by atoms with Crippen LogP contribution in [0.5, 0.6) is 11.5 Å². The highest BCUT2D eigenvalue weighted by molar-refractivity contribution is 5.43. The normalized spacial score (nSPS) is 12.3. The van der Waals surface area contributed by atoms with Gasteiger partial charge >= 0.3 is 0 Å². The van der Waals surface area contributed by atoms with Gasteiger partial charge in [0.15, 0.2) is 11.5 Å². The number of methoxy groups -OCH3 is 2. The van der Waals surface area contributed by atoms with Crippen LogP contribution < -0.4 is 9.47 Å². The SMILES string of the molecule is CCC[C@H](O)c1ccc(OC)c(OC)c1. The molecule has 0 bridgehead atoms. The zero-order valence-electron chi connectivity index (χ0n) is 9.49. The fraction of sp³-hybridized carbons (Fsp3) is 0.500. The van der Waals surface area contributed by atoms with E-state index in [4.69, 9.17) is 9.47 Å². The predicted octanol–water partition coefficient (Wildman–Crippen LogP) is 2.54. The predicted molar refractivity (Wildman–Crippen MR) is 59.4 cm³/mol. The Morgan fingerprint density at radius 1 is 1.20 bits per heavy atom. The van der Waals surface area contributed by atoms with Gasteiger partial charge in [-0.05, 0) is 24.1 Å². The molecule has 0 radical (unpaired) electrons. The van der Waals surface area contributed by atoms with Crippen LogP contribution in [0.2, 0.25) is 0 Å². The van der Waals surface area contributed by atoms with Gasteiger partial charge in [0.05, 0.1) is 20.3 Å². The molecule has 0 aromatic heterocycles. The minimum absolute atomic E-state index is 0.421. The lowest BCUT2D eigenvalue weighted by atomic mass is 10.0. The highest BCUT2D eigenvalue weighted by atomic mass is 16.5. The summed E-state index contributed by atoms with van der Waals surface area (Å²) in [5.74, 6) is 1.34. The van der Waals surface area contributed by atoms with Crippen LogP contribution in [0.3, 0.4) is 0 Å². The number of aliphatic hydroxyl groups is 1. The number of ether oxygens (including phenoxy) is 2. The number of aliphatic hydroxyl groups excluding tert-OH is 1. The molecule has 0 amide bonds. The Labute approximate surface area is 90.6 Å². The molecule has 1 aromatic carbocycles. The Hall–Kier alpha value is -1.22. The van der Waals surface area contributed by atoms with Crippen LogP contribution in [0.1, 0.15) is 31.4 Å². The van der Waals surface area contributed by atoms with E-state index >= 15 is 0 Å². The van der Waals surface area contributed by atoms with Crippen molar-refractivity contribution in [2.45, 2.75) is 25.9 Å². The molecule has 0 spiro atoms. The summed E-state index contributed by atoms with van der Waals surface area (Å²) in [7, 11) is 3.19. The summed E-state index contributed by atoms with van der Waals surface area (Å²) in [6, 6.07) is 5.49. The zero-order chi connectivity index (χ0) is 11.3. The van der Waals surface area contributed by atoms with E-state index in [1.807, 2.05) is 25.1 Å². The molecule has 0 aliphatic carbocycles. The van der Waals surface area contributed by atoms with Gasteiger partial charge in [-0.2, -0.15) is 0 Å². The van der Waals surface area contributed by atoms with E-state index < -0.39 is 6.10 Å². The summed E-state index contributed by atoms with van der Waals surface area (Å²) < 4.78 is 10.3. The Morgan fingerprint density at radius 2 is 1.87 bits per heavy atom. The van der Waals surface area contributed by atoms with E-state index in [9.17, 15) is 5.11 Å². The summed E-state index contributed by atoms with van der Waals surface area (Å²) in [6.07, 6.45) is 1.29. The number of hydrogen-bond donors (Lipinski definition) is 1. The molecule has 0 aliphatic rings. The van der Waals surface area contributed by atoms with Gasteiger partial charge in [-0.1, -0.05) is 19.4 Å². The fourth-order valence-electron chi connectivity index (χ4n) is 1.50. The van der Waals surface area contributed by atoms with Crippen LogP contribution in [-0.4, -0.2) is 19.3 Å². The van der Waals surface area contributed by atoms with Gasteiger partial charge in [0, 0.05) is 0 Å². The van der Waals surface area contributed by atoms with Crippen LogP contribution in [0, 0.1) is 0 Å². The molecule has 0 heterocycles. The minimum atomic E-state index is -0.421. The van der Waals surface area contributed by atoms with E-state index in [0.717, 1.165) is 18.4 Å². The summed E-state index contributed by atoms with van der Waals surface area (Å²) >= 11 is 0. The maximum absolute atomic E-state index is 9.81. The second kappa shape index (κ2) is 5.61. The Kier molecular flexibility index (Phi) is 4.43. The Morgan fingerprint density at radius 3 is 2.40 bits per heavy atom. The molecule has 0 fully saturated rings. The third-order valence-electron chi connectivity index (χ3n) is 2.35. The van der Waals surface area contributed by atoms with Gasteiger partial charge in [0.25, 0.3) is 0 Å². The molecular formula is C12H18O3. The van der Waals surface area contributed by atoms with Crippen molar-refractivity contribution in [2.75, 3.05) is 14.2 Å². The zero-order valence-corrected chi connectivity index (χ0v) is 9.49. The topological polar surface area (TPSA) is 38.7 Å². The van der Waals surface area contributed by atoms with Crippen molar-refractivity contribution in [3.63, 3.8) is 0 Å². The molecule has 0 unspecified atom stereocenters.